The number of nitrogens with zero attached hydrogens (tertiary/aromatic N) is 3. The van der Waals surface area contributed by atoms with E-state index in [-0.39, 0.29) is 5.91 Å². The van der Waals surface area contributed by atoms with E-state index in [0.29, 0.717) is 22.5 Å². The van der Waals surface area contributed by atoms with Crippen molar-refractivity contribution in [2.75, 3.05) is 10.7 Å². The monoisotopic (exact) mass is 503 g/mol. The number of halogens is 2. The standard InChI is InChI=1S/C21H15BrClN3OS2/c22-14-4-9-18-19(11-14)29-21(25-18)26(12-16-3-1-2-10-24-16)20(27)13-28-17-7-5-15(23)6-8-17/h1-11H,12-13H2. The Labute approximate surface area is 190 Å². The van der Waals surface area contributed by atoms with Gasteiger partial charge in [0.15, 0.2) is 5.13 Å². The molecule has 4 aromatic rings. The van der Waals surface area contributed by atoms with Gasteiger partial charge in [-0.15, -0.1) is 11.8 Å². The summed E-state index contributed by atoms with van der Waals surface area (Å²) >= 11 is 12.4. The van der Waals surface area contributed by atoms with E-state index in [0.717, 1.165) is 25.3 Å². The van der Waals surface area contributed by atoms with E-state index in [4.69, 9.17) is 11.6 Å². The Balaban J connectivity index is 1.59. The van der Waals surface area contributed by atoms with E-state index >= 15 is 0 Å². The number of anilines is 1. The van der Waals surface area contributed by atoms with Gasteiger partial charge in [0.2, 0.25) is 5.91 Å². The summed E-state index contributed by atoms with van der Waals surface area (Å²) < 4.78 is 2.01. The third-order valence-corrected chi connectivity index (χ3v) is 6.88. The van der Waals surface area contributed by atoms with Crippen LogP contribution in [0.15, 0.2) is 76.2 Å². The van der Waals surface area contributed by atoms with Crippen LogP contribution in [-0.2, 0) is 11.3 Å². The number of rotatable bonds is 6. The second-order valence-corrected chi connectivity index (χ2v) is 9.56. The highest BCUT2D eigenvalue weighted by atomic mass is 79.9. The molecule has 29 heavy (non-hydrogen) atoms. The van der Waals surface area contributed by atoms with Crippen LogP contribution < -0.4 is 4.90 Å². The smallest absolute Gasteiger partial charge is 0.239 e. The molecule has 0 aliphatic rings. The largest absolute Gasteiger partial charge is 0.281 e. The minimum atomic E-state index is -0.0197. The molecule has 0 aliphatic carbocycles. The van der Waals surface area contributed by atoms with Crippen LogP contribution in [-0.4, -0.2) is 21.6 Å². The molecule has 4 rings (SSSR count). The van der Waals surface area contributed by atoms with Gasteiger partial charge in [0.05, 0.1) is 28.2 Å². The third kappa shape index (κ3) is 5.17. The fourth-order valence-corrected chi connectivity index (χ4v) is 5.11. The highest BCUT2D eigenvalue weighted by Crippen LogP contribution is 2.32. The maximum atomic E-state index is 13.1. The van der Waals surface area contributed by atoms with Crippen molar-refractivity contribution in [3.63, 3.8) is 0 Å². The van der Waals surface area contributed by atoms with Crippen LogP contribution in [0, 0.1) is 0 Å². The Morgan fingerprint density at radius 1 is 1.14 bits per heavy atom. The summed E-state index contributed by atoms with van der Waals surface area (Å²) in [5.41, 5.74) is 1.69. The van der Waals surface area contributed by atoms with Crippen molar-refractivity contribution >= 4 is 71.9 Å². The fourth-order valence-electron chi connectivity index (χ4n) is 2.67. The lowest BCUT2D eigenvalue weighted by Crippen LogP contribution is -2.32. The molecule has 0 bridgehead atoms. The molecule has 0 aliphatic heterocycles. The molecule has 0 unspecified atom stereocenters. The number of benzene rings is 2. The SMILES string of the molecule is O=C(CSc1ccc(Cl)cc1)N(Cc1ccccn1)c1nc2ccc(Br)cc2s1. The van der Waals surface area contributed by atoms with Gasteiger partial charge in [-0.2, -0.15) is 0 Å². The summed E-state index contributed by atoms with van der Waals surface area (Å²) in [4.78, 5) is 24.9. The number of thioether (sulfide) groups is 1. The normalized spacial score (nSPS) is 11.0. The summed E-state index contributed by atoms with van der Waals surface area (Å²) in [5, 5.41) is 1.35. The average Bonchev–Trinajstić information content (AvgIpc) is 3.15. The van der Waals surface area contributed by atoms with Crippen molar-refractivity contribution in [2.45, 2.75) is 11.4 Å². The van der Waals surface area contributed by atoms with E-state index in [1.165, 1.54) is 23.1 Å². The van der Waals surface area contributed by atoms with Crippen molar-refractivity contribution in [1.82, 2.24) is 9.97 Å². The topological polar surface area (TPSA) is 46.1 Å². The molecule has 2 aromatic heterocycles. The zero-order valence-electron chi connectivity index (χ0n) is 15.1. The Kier molecular flexibility index (Phi) is 6.50. The molecule has 8 heteroatoms. The molecule has 4 nitrogen and oxygen atoms in total. The molecular weight excluding hydrogens is 490 g/mol. The minimum Gasteiger partial charge on any atom is -0.281 e. The summed E-state index contributed by atoms with van der Waals surface area (Å²) in [6.45, 7) is 0.377. The number of amides is 1. The number of thiazole rings is 1. The van der Waals surface area contributed by atoms with Gasteiger partial charge < -0.3 is 0 Å². The lowest BCUT2D eigenvalue weighted by atomic mass is 10.3. The van der Waals surface area contributed by atoms with E-state index in [2.05, 4.69) is 25.9 Å². The Bertz CT molecular complexity index is 1140. The van der Waals surface area contributed by atoms with Gasteiger partial charge >= 0.3 is 0 Å². The number of carbonyl (C=O) groups excluding carboxylic acids is 1. The zero-order valence-corrected chi connectivity index (χ0v) is 19.1. The second-order valence-electron chi connectivity index (χ2n) is 6.15. The van der Waals surface area contributed by atoms with E-state index in [1.807, 2.05) is 60.7 Å². The summed E-state index contributed by atoms with van der Waals surface area (Å²) in [6, 6.07) is 19.1. The third-order valence-electron chi connectivity index (χ3n) is 4.09. The van der Waals surface area contributed by atoms with Crippen molar-refractivity contribution < 1.29 is 4.79 Å². The summed E-state index contributed by atoms with van der Waals surface area (Å²) in [7, 11) is 0. The number of carbonyl (C=O) groups is 1. The summed E-state index contributed by atoms with van der Waals surface area (Å²) in [5.74, 6) is 0.280. The van der Waals surface area contributed by atoms with Gasteiger partial charge in [-0.25, -0.2) is 4.98 Å². The number of fused-ring (bicyclic) bond motifs is 1. The Hall–Kier alpha value is -1.93. The van der Waals surface area contributed by atoms with Crippen LogP contribution in [0.2, 0.25) is 5.02 Å². The van der Waals surface area contributed by atoms with Crippen LogP contribution in [0.3, 0.4) is 0 Å². The molecule has 0 saturated heterocycles. The van der Waals surface area contributed by atoms with E-state index < -0.39 is 0 Å². The van der Waals surface area contributed by atoms with Gasteiger partial charge in [0.25, 0.3) is 0 Å². The molecule has 146 valence electrons. The molecule has 0 saturated carbocycles. The Morgan fingerprint density at radius 3 is 2.72 bits per heavy atom. The maximum Gasteiger partial charge on any atom is 0.239 e. The quantitative estimate of drug-likeness (QED) is 0.284. The lowest BCUT2D eigenvalue weighted by Gasteiger charge is -2.19. The molecular formula is C21H15BrClN3OS2. The molecule has 2 heterocycles. The van der Waals surface area contributed by atoms with E-state index in [9.17, 15) is 4.79 Å². The fraction of sp³-hybridized carbons (Fsp3) is 0.0952. The highest BCUT2D eigenvalue weighted by Gasteiger charge is 2.21. The predicted octanol–water partition coefficient (Wildman–Crippen LogP) is 6.43. The van der Waals surface area contributed by atoms with E-state index in [1.54, 1.807) is 11.1 Å². The first-order chi connectivity index (χ1) is 14.1. The van der Waals surface area contributed by atoms with Crippen LogP contribution in [0.25, 0.3) is 10.2 Å². The van der Waals surface area contributed by atoms with Crippen molar-refractivity contribution in [3.05, 3.63) is 82.0 Å². The van der Waals surface area contributed by atoms with Crippen molar-refractivity contribution in [2.24, 2.45) is 0 Å². The first-order valence-corrected chi connectivity index (χ1v) is 11.7. The van der Waals surface area contributed by atoms with Crippen molar-refractivity contribution in [1.29, 1.82) is 0 Å². The van der Waals surface area contributed by atoms with Crippen molar-refractivity contribution in [3.8, 4) is 0 Å². The average molecular weight is 505 g/mol. The number of pyridine rings is 1. The second kappa shape index (κ2) is 9.26. The summed E-state index contributed by atoms with van der Waals surface area (Å²) in [6.07, 6.45) is 1.73. The lowest BCUT2D eigenvalue weighted by molar-refractivity contribution is -0.116. The first-order valence-electron chi connectivity index (χ1n) is 8.73. The van der Waals surface area contributed by atoms with Crippen LogP contribution >= 0.6 is 50.6 Å². The van der Waals surface area contributed by atoms with Gasteiger partial charge in [-0.3, -0.25) is 14.7 Å². The molecule has 1 amide bonds. The molecule has 0 radical (unpaired) electrons. The Morgan fingerprint density at radius 2 is 1.97 bits per heavy atom. The van der Waals surface area contributed by atoms with Gasteiger partial charge in [0.1, 0.15) is 0 Å². The highest BCUT2D eigenvalue weighted by molar-refractivity contribution is 9.10. The first kappa shape index (κ1) is 20.3. The van der Waals surface area contributed by atoms with Crippen LogP contribution in [0.5, 0.6) is 0 Å². The molecule has 0 N–H and O–H groups in total. The predicted molar refractivity (Wildman–Crippen MR) is 125 cm³/mol. The zero-order chi connectivity index (χ0) is 20.2. The van der Waals surface area contributed by atoms with Gasteiger partial charge in [-0.1, -0.05) is 44.9 Å². The van der Waals surface area contributed by atoms with Crippen LogP contribution in [0.4, 0.5) is 5.13 Å². The minimum absolute atomic E-state index is 0.0197. The molecule has 2 aromatic carbocycles. The van der Waals surface area contributed by atoms with Crippen LogP contribution in [0.1, 0.15) is 5.69 Å². The van der Waals surface area contributed by atoms with Gasteiger partial charge in [0, 0.05) is 20.6 Å². The molecule has 0 spiro atoms. The number of hydrogen-bond acceptors (Lipinski definition) is 5. The number of aromatic nitrogens is 2. The molecule has 0 atom stereocenters. The van der Waals surface area contributed by atoms with Gasteiger partial charge in [-0.05, 0) is 54.6 Å². The maximum absolute atomic E-state index is 13.1. The molecule has 0 fully saturated rings. The number of hydrogen-bond donors (Lipinski definition) is 0.